The second-order valence-electron chi connectivity index (χ2n) is 21.2. The molecule has 2 unspecified atom stereocenters. The molecule has 10 aromatic rings. The van der Waals surface area contributed by atoms with Crippen LogP contribution in [0.15, 0.2) is 133 Å². The molecule has 2 aliphatic heterocycles. The Morgan fingerprint density at radius 2 is 0.859 bits per heavy atom. The molecule has 2 N–H and O–H groups in total. The number of carbonyl (C=O) groups excluding carboxylic acids is 6. The van der Waals surface area contributed by atoms with Gasteiger partial charge >= 0.3 is 23.9 Å². The second-order valence-corrected chi connectivity index (χ2v) is 23.2. The molecule has 4 heterocycles. The number of aromatic nitrogens is 2. The summed E-state index contributed by atoms with van der Waals surface area (Å²) in [5.41, 5.74) is 2.77. The van der Waals surface area contributed by atoms with Gasteiger partial charge in [-0.05, 0) is 150 Å². The SMILES string of the molecule is COc1cc(C(=O)Oc2ccc(C)c3sc(NC(=O)CCC(=O)Nc4nc5c(OC(=O)c6ccc(OC(=O)c7ccc8cc(OCCCOC9CO9)ccc8c7)c(C)c6)ccc(OC)c5s4)nc23)ccc1OC(=O)c1ccc2cc(OCCCOC3CO3)ccc2c1. The van der Waals surface area contributed by atoms with Gasteiger partial charge in [-0.3, -0.25) is 9.59 Å². The molecule has 0 radical (unpaired) electrons. The molecule has 92 heavy (non-hydrogen) atoms. The lowest BCUT2D eigenvalue weighted by molar-refractivity contribution is -0.121. The summed E-state index contributed by atoms with van der Waals surface area (Å²) >= 11 is 2.25. The summed E-state index contributed by atoms with van der Waals surface area (Å²) in [6, 6.07) is 36.9. The van der Waals surface area contributed by atoms with Crippen molar-refractivity contribution in [2.45, 2.75) is 52.1 Å². The average molecular weight is 1280 g/mol. The van der Waals surface area contributed by atoms with Crippen LogP contribution in [-0.2, 0) is 28.5 Å². The number of nitrogens with one attached hydrogen (secondary N) is 2. The molecular formula is C68H58N4O18S2. The van der Waals surface area contributed by atoms with E-state index in [-0.39, 0.29) is 81.1 Å². The summed E-state index contributed by atoms with van der Waals surface area (Å²) in [4.78, 5) is 89.7. The number of hydrogen-bond donors (Lipinski definition) is 2. The van der Waals surface area contributed by atoms with Gasteiger partial charge in [-0.1, -0.05) is 53.0 Å². The van der Waals surface area contributed by atoms with Gasteiger partial charge in [0.1, 0.15) is 51.9 Å². The first kappa shape index (κ1) is 62.1. The third kappa shape index (κ3) is 15.2. The van der Waals surface area contributed by atoms with Crippen molar-refractivity contribution in [3.8, 4) is 46.0 Å². The van der Waals surface area contributed by atoms with Gasteiger partial charge in [-0.25, -0.2) is 29.1 Å². The Bertz CT molecular complexity index is 4500. The van der Waals surface area contributed by atoms with E-state index in [1.54, 1.807) is 61.5 Å². The molecule has 0 spiro atoms. The number of amides is 2. The normalized spacial score (nSPS) is 14.0. The van der Waals surface area contributed by atoms with Crippen molar-refractivity contribution in [3.05, 3.63) is 167 Å². The molecule has 8 aromatic carbocycles. The Labute approximate surface area is 533 Å². The number of rotatable bonds is 27. The lowest BCUT2D eigenvalue weighted by atomic mass is 10.1. The molecule has 2 aliphatic rings. The van der Waals surface area contributed by atoms with Gasteiger partial charge in [0.25, 0.3) is 0 Å². The molecule has 0 saturated carbocycles. The summed E-state index contributed by atoms with van der Waals surface area (Å²) in [5.74, 6) is -1.25. The number of benzene rings is 8. The van der Waals surface area contributed by atoms with Gasteiger partial charge in [0.2, 0.25) is 11.8 Å². The molecule has 2 saturated heterocycles. The van der Waals surface area contributed by atoms with Crippen molar-refractivity contribution in [2.24, 2.45) is 0 Å². The number of esters is 4. The van der Waals surface area contributed by atoms with E-state index in [0.717, 1.165) is 56.2 Å². The molecule has 0 aliphatic carbocycles. The average Bonchev–Trinajstić information content (AvgIpc) is 1.63. The summed E-state index contributed by atoms with van der Waals surface area (Å²) in [6.07, 6.45) is 0.802. The number of anilines is 2. The van der Waals surface area contributed by atoms with Crippen LogP contribution in [-0.4, -0.2) is 112 Å². The minimum absolute atomic E-state index is 0.0793. The zero-order valence-corrected chi connectivity index (χ0v) is 51.6. The minimum Gasteiger partial charge on any atom is -0.495 e. The van der Waals surface area contributed by atoms with E-state index >= 15 is 0 Å². The maximum Gasteiger partial charge on any atom is 0.343 e. The zero-order chi connectivity index (χ0) is 63.8. The van der Waals surface area contributed by atoms with Crippen LogP contribution in [0.2, 0.25) is 0 Å². The Hall–Kier alpha value is -10.1. The van der Waals surface area contributed by atoms with E-state index in [4.69, 9.17) is 56.8 Å². The summed E-state index contributed by atoms with van der Waals surface area (Å²) < 4.78 is 68.2. The molecule has 12 rings (SSSR count). The first-order valence-corrected chi connectivity index (χ1v) is 30.8. The van der Waals surface area contributed by atoms with Crippen molar-refractivity contribution in [3.63, 3.8) is 0 Å². The fraction of sp³-hybridized carbons (Fsp3) is 0.235. The van der Waals surface area contributed by atoms with Crippen molar-refractivity contribution in [1.29, 1.82) is 0 Å². The molecule has 2 amide bonds. The van der Waals surface area contributed by atoms with Crippen LogP contribution in [0, 0.1) is 13.8 Å². The first-order valence-electron chi connectivity index (χ1n) is 29.1. The third-order valence-electron chi connectivity index (χ3n) is 14.5. The van der Waals surface area contributed by atoms with Gasteiger partial charge in [-0.2, -0.15) is 0 Å². The zero-order valence-electron chi connectivity index (χ0n) is 50.0. The van der Waals surface area contributed by atoms with Crippen LogP contribution < -0.4 is 48.5 Å². The second kappa shape index (κ2) is 28.0. The lowest BCUT2D eigenvalue weighted by Gasteiger charge is -2.12. The highest BCUT2D eigenvalue weighted by Crippen LogP contribution is 2.41. The first-order chi connectivity index (χ1) is 44.7. The van der Waals surface area contributed by atoms with Crippen LogP contribution in [0.5, 0.6) is 46.0 Å². The van der Waals surface area contributed by atoms with Gasteiger partial charge in [-0.15, -0.1) is 0 Å². The van der Waals surface area contributed by atoms with Crippen molar-refractivity contribution in [2.75, 3.05) is 64.5 Å². The van der Waals surface area contributed by atoms with Gasteiger partial charge in [0, 0.05) is 25.7 Å². The summed E-state index contributed by atoms with van der Waals surface area (Å²) in [7, 11) is 2.85. The molecule has 0 bridgehead atoms. The highest BCUT2D eigenvalue weighted by molar-refractivity contribution is 7.23. The Kier molecular flexibility index (Phi) is 18.9. The molecule has 470 valence electrons. The third-order valence-corrected chi connectivity index (χ3v) is 16.6. The number of fused-ring (bicyclic) bond motifs is 4. The van der Waals surface area contributed by atoms with Crippen LogP contribution in [0.4, 0.5) is 10.3 Å². The molecular weight excluding hydrogens is 1220 g/mol. The van der Waals surface area contributed by atoms with E-state index < -0.39 is 35.7 Å². The van der Waals surface area contributed by atoms with Crippen molar-refractivity contribution in [1.82, 2.24) is 9.97 Å². The number of thiazole rings is 2. The number of carbonyl (C=O) groups is 6. The smallest absolute Gasteiger partial charge is 0.343 e. The topological polar surface area (TPSA) is 270 Å². The molecule has 22 nitrogen and oxygen atoms in total. The Morgan fingerprint density at radius 1 is 0.446 bits per heavy atom. The monoisotopic (exact) mass is 1280 g/mol. The van der Waals surface area contributed by atoms with Crippen LogP contribution >= 0.6 is 22.7 Å². The molecule has 24 heteroatoms. The summed E-state index contributed by atoms with van der Waals surface area (Å²) in [6.45, 7) is 6.89. The number of hydrogen-bond acceptors (Lipinski definition) is 22. The van der Waals surface area contributed by atoms with E-state index in [2.05, 4.69) is 20.6 Å². The Morgan fingerprint density at radius 3 is 1.38 bits per heavy atom. The number of epoxide rings is 2. The predicted molar refractivity (Wildman–Crippen MR) is 341 cm³/mol. The summed E-state index contributed by atoms with van der Waals surface area (Å²) in [5, 5.41) is 9.23. The Balaban J connectivity index is 0.619. The number of methoxy groups -OCH3 is 2. The largest absolute Gasteiger partial charge is 0.495 e. The van der Waals surface area contributed by atoms with E-state index in [0.29, 0.717) is 94.9 Å². The fourth-order valence-electron chi connectivity index (χ4n) is 9.58. The van der Waals surface area contributed by atoms with Gasteiger partial charge in [0.15, 0.2) is 45.8 Å². The molecule has 2 aromatic heterocycles. The fourth-order valence-corrected chi connectivity index (χ4v) is 11.5. The molecule has 2 fully saturated rings. The van der Waals surface area contributed by atoms with E-state index in [1.165, 1.54) is 50.6 Å². The van der Waals surface area contributed by atoms with Gasteiger partial charge < -0.3 is 67.5 Å². The maximum atomic E-state index is 13.6. The van der Waals surface area contributed by atoms with Crippen molar-refractivity contribution < 1.29 is 85.6 Å². The van der Waals surface area contributed by atoms with Crippen LogP contribution in [0.25, 0.3) is 42.0 Å². The van der Waals surface area contributed by atoms with Gasteiger partial charge in [0.05, 0.1) is 67.6 Å². The number of nitrogens with zero attached hydrogens (tertiary/aromatic N) is 2. The standard InChI is InChI=1S/C68H58N4O18S2/c1-37-7-18-51(89-66(78)46-15-20-50(54(34-46)80-4)88-65(77)45-11-9-42-33-48(17-13-40(42)31-45)82-26-6-28-84-58-36-86-58)59-61(37)91-67(71-59)69-55(73)23-24-56(74)70-68-72-60-52(21-22-53(79-3)62(60)92-68)90-63(75)43-14-19-49(38(2)29-43)87-64(76)44-10-8-41-32-47(16-12-39(41)30-44)81-25-5-27-83-57-35-85-57/h7-22,29-34,57-58H,5-6,23-28,35-36H2,1-4H3,(H,69,71,73)(H,70,72,74). The van der Waals surface area contributed by atoms with Crippen molar-refractivity contribution >= 4 is 111 Å². The maximum absolute atomic E-state index is 13.6. The number of ether oxygens (including phenoxy) is 12. The van der Waals surface area contributed by atoms with E-state index in [9.17, 15) is 28.8 Å². The quantitative estimate of drug-likeness (QED) is 0.0210. The highest BCUT2D eigenvalue weighted by Gasteiger charge is 2.26. The predicted octanol–water partition coefficient (Wildman–Crippen LogP) is 12.4. The lowest BCUT2D eigenvalue weighted by Crippen LogP contribution is -2.17. The minimum atomic E-state index is -0.753. The highest BCUT2D eigenvalue weighted by atomic mass is 32.1. The van der Waals surface area contributed by atoms with E-state index in [1.807, 2.05) is 49.4 Å². The number of aryl methyl sites for hydroxylation is 2. The van der Waals surface area contributed by atoms with Crippen LogP contribution in [0.1, 0.15) is 78.2 Å². The van der Waals surface area contributed by atoms with Crippen LogP contribution in [0.3, 0.4) is 0 Å². The molecule has 2 atom stereocenters.